The quantitative estimate of drug-likeness (QED) is 0.435. The molecule has 0 aliphatic rings. The largest absolute Gasteiger partial charge is 0.348 e. The van der Waals surface area contributed by atoms with Crippen molar-refractivity contribution in [1.29, 1.82) is 0 Å². The van der Waals surface area contributed by atoms with Crippen molar-refractivity contribution in [3.8, 4) is 0 Å². The summed E-state index contributed by atoms with van der Waals surface area (Å²) < 4.78 is 0. The Kier molecular flexibility index (Phi) is 6.11. The molecule has 3 rings (SSSR count). The minimum Gasteiger partial charge on any atom is -0.348 e. The van der Waals surface area contributed by atoms with E-state index in [4.69, 9.17) is 23.2 Å². The van der Waals surface area contributed by atoms with Crippen LogP contribution in [-0.2, 0) is 11.3 Å². The van der Waals surface area contributed by atoms with Gasteiger partial charge < -0.3 is 5.32 Å². The van der Waals surface area contributed by atoms with Crippen LogP contribution in [0.25, 0.3) is 11.6 Å². The molecule has 0 saturated carbocycles. The smallest absolute Gasteiger partial charge is 0.252 e. The molecule has 3 aromatic carbocycles. The van der Waals surface area contributed by atoms with Crippen LogP contribution in [0.2, 0.25) is 10.0 Å². The zero-order valence-corrected chi connectivity index (χ0v) is 15.5. The molecule has 26 heavy (non-hydrogen) atoms. The molecule has 1 amide bonds. The van der Waals surface area contributed by atoms with Crippen LogP contribution in [0.1, 0.15) is 16.7 Å². The van der Waals surface area contributed by atoms with Gasteiger partial charge in [0.1, 0.15) is 0 Å². The predicted molar refractivity (Wildman–Crippen MR) is 109 cm³/mol. The average Bonchev–Trinajstić information content (AvgIpc) is 2.67. The lowest BCUT2D eigenvalue weighted by molar-refractivity contribution is -0.115. The third kappa shape index (κ3) is 4.75. The summed E-state index contributed by atoms with van der Waals surface area (Å²) in [7, 11) is 0. The Labute approximate surface area is 163 Å². The molecule has 0 aliphatic heterocycles. The number of hydrogen-bond acceptors (Lipinski definition) is 1. The normalized spacial score (nSPS) is 11.2. The van der Waals surface area contributed by atoms with Crippen molar-refractivity contribution < 1.29 is 4.79 Å². The van der Waals surface area contributed by atoms with Crippen molar-refractivity contribution >= 4 is 40.8 Å². The summed E-state index contributed by atoms with van der Waals surface area (Å²) >= 11 is 12.1. The highest BCUT2D eigenvalue weighted by Crippen LogP contribution is 2.22. The van der Waals surface area contributed by atoms with Crippen molar-refractivity contribution in [3.63, 3.8) is 0 Å². The number of nitrogens with one attached hydrogen (secondary N) is 1. The average molecular weight is 382 g/mol. The van der Waals surface area contributed by atoms with E-state index in [9.17, 15) is 4.79 Å². The molecule has 1 N–H and O–H groups in total. The summed E-state index contributed by atoms with van der Waals surface area (Å²) in [5, 5.41) is 4.05. The molecule has 2 nitrogen and oxygen atoms in total. The lowest BCUT2D eigenvalue weighted by atomic mass is 10.0. The fourth-order valence-corrected chi connectivity index (χ4v) is 3.02. The molecule has 3 aromatic rings. The minimum absolute atomic E-state index is 0.161. The molecule has 0 heterocycles. The minimum atomic E-state index is -0.161. The summed E-state index contributed by atoms with van der Waals surface area (Å²) in [4.78, 5) is 12.9. The van der Waals surface area contributed by atoms with E-state index in [0.717, 1.165) is 16.7 Å². The molecule has 0 unspecified atom stereocenters. The van der Waals surface area contributed by atoms with Crippen LogP contribution in [-0.4, -0.2) is 5.91 Å². The van der Waals surface area contributed by atoms with Gasteiger partial charge in [0.15, 0.2) is 0 Å². The maximum atomic E-state index is 12.9. The molecule has 0 spiro atoms. The molecular formula is C22H17Cl2NO. The molecule has 0 aromatic heterocycles. The van der Waals surface area contributed by atoms with Gasteiger partial charge in [-0.25, -0.2) is 0 Å². The summed E-state index contributed by atoms with van der Waals surface area (Å²) in [6, 6.07) is 24.6. The number of carbonyl (C=O) groups excluding carboxylic acids is 1. The van der Waals surface area contributed by atoms with Crippen molar-refractivity contribution in [1.82, 2.24) is 5.32 Å². The molecule has 0 bridgehead atoms. The first-order valence-corrected chi connectivity index (χ1v) is 8.93. The SMILES string of the molecule is O=C(NCc1ccc(Cl)cc1Cl)/C(=C\c1ccccc1)c1ccccc1. The number of amides is 1. The molecule has 0 saturated heterocycles. The topological polar surface area (TPSA) is 29.1 Å². The zero-order valence-electron chi connectivity index (χ0n) is 14.0. The lowest BCUT2D eigenvalue weighted by Crippen LogP contribution is -2.24. The maximum Gasteiger partial charge on any atom is 0.252 e. The first-order valence-electron chi connectivity index (χ1n) is 8.18. The van der Waals surface area contributed by atoms with Gasteiger partial charge in [-0.15, -0.1) is 0 Å². The van der Waals surface area contributed by atoms with E-state index in [1.54, 1.807) is 12.1 Å². The number of rotatable bonds is 5. The third-order valence-corrected chi connectivity index (χ3v) is 4.48. The zero-order chi connectivity index (χ0) is 18.4. The fourth-order valence-electron chi connectivity index (χ4n) is 2.55. The third-order valence-electron chi connectivity index (χ3n) is 3.89. The highest BCUT2D eigenvalue weighted by atomic mass is 35.5. The van der Waals surface area contributed by atoms with E-state index in [2.05, 4.69) is 5.32 Å². The molecule has 130 valence electrons. The van der Waals surface area contributed by atoms with Gasteiger partial charge in [0.05, 0.1) is 0 Å². The number of halogens is 2. The summed E-state index contributed by atoms with van der Waals surface area (Å²) in [6.07, 6.45) is 1.88. The van der Waals surface area contributed by atoms with E-state index in [1.807, 2.05) is 72.8 Å². The Bertz CT molecular complexity index is 921. The van der Waals surface area contributed by atoms with E-state index >= 15 is 0 Å². The number of carbonyl (C=O) groups is 1. The highest BCUT2D eigenvalue weighted by molar-refractivity contribution is 6.35. The Morgan fingerprint density at radius 3 is 2.19 bits per heavy atom. The Morgan fingerprint density at radius 1 is 0.885 bits per heavy atom. The monoisotopic (exact) mass is 381 g/mol. The van der Waals surface area contributed by atoms with Gasteiger partial charge in [-0.2, -0.15) is 0 Å². The summed E-state index contributed by atoms with van der Waals surface area (Å²) in [5.74, 6) is -0.161. The van der Waals surface area contributed by atoms with E-state index in [1.165, 1.54) is 0 Å². The van der Waals surface area contributed by atoms with Gasteiger partial charge in [-0.05, 0) is 34.9 Å². The molecule has 0 aliphatic carbocycles. The first-order chi connectivity index (χ1) is 12.6. The van der Waals surface area contributed by atoms with Gasteiger partial charge in [0.2, 0.25) is 0 Å². The molecule has 0 fully saturated rings. The van der Waals surface area contributed by atoms with Crippen molar-refractivity contribution in [2.45, 2.75) is 6.54 Å². The van der Waals surface area contributed by atoms with Gasteiger partial charge >= 0.3 is 0 Å². The van der Waals surface area contributed by atoms with Gasteiger partial charge in [0.25, 0.3) is 5.91 Å². The summed E-state index contributed by atoms with van der Waals surface area (Å²) in [6.45, 7) is 0.327. The second-order valence-corrected chi connectivity index (χ2v) is 6.60. The van der Waals surface area contributed by atoms with Crippen LogP contribution < -0.4 is 5.32 Å². The fraction of sp³-hybridized carbons (Fsp3) is 0.0455. The highest BCUT2D eigenvalue weighted by Gasteiger charge is 2.12. The van der Waals surface area contributed by atoms with Gasteiger partial charge in [0, 0.05) is 22.2 Å². The van der Waals surface area contributed by atoms with Crippen molar-refractivity contribution in [3.05, 3.63) is 106 Å². The van der Waals surface area contributed by atoms with Crippen molar-refractivity contribution in [2.24, 2.45) is 0 Å². The van der Waals surface area contributed by atoms with Crippen molar-refractivity contribution in [2.75, 3.05) is 0 Å². The Hall–Kier alpha value is -2.55. The molecule has 0 atom stereocenters. The number of benzene rings is 3. The van der Waals surface area contributed by atoms with E-state index in [-0.39, 0.29) is 5.91 Å². The van der Waals surface area contributed by atoms with Gasteiger partial charge in [-0.3, -0.25) is 4.79 Å². The first kappa shape index (κ1) is 18.2. The standard InChI is InChI=1S/C22H17Cl2NO/c23-19-12-11-18(21(24)14-19)15-25-22(26)20(17-9-5-2-6-10-17)13-16-7-3-1-4-8-16/h1-14H,15H2,(H,25,26)/b20-13-. The van der Waals surface area contributed by atoms with Crippen LogP contribution in [0.3, 0.4) is 0 Å². The summed E-state index contributed by atoms with van der Waals surface area (Å²) in [5.41, 5.74) is 3.24. The van der Waals surface area contributed by atoms with Crippen LogP contribution in [0, 0.1) is 0 Å². The Balaban J connectivity index is 1.85. The van der Waals surface area contributed by atoms with E-state index < -0.39 is 0 Å². The van der Waals surface area contributed by atoms with E-state index in [0.29, 0.717) is 22.2 Å². The van der Waals surface area contributed by atoms with Crippen LogP contribution in [0.5, 0.6) is 0 Å². The second-order valence-electron chi connectivity index (χ2n) is 5.75. The van der Waals surface area contributed by atoms with Gasteiger partial charge in [-0.1, -0.05) is 89.9 Å². The molecular weight excluding hydrogens is 365 g/mol. The Morgan fingerprint density at radius 2 is 1.54 bits per heavy atom. The van der Waals surface area contributed by atoms with Crippen LogP contribution in [0.4, 0.5) is 0 Å². The molecule has 0 radical (unpaired) electrons. The maximum absolute atomic E-state index is 12.9. The second kappa shape index (κ2) is 8.70. The molecule has 4 heteroatoms. The van der Waals surface area contributed by atoms with Crippen LogP contribution >= 0.6 is 23.2 Å². The lowest BCUT2D eigenvalue weighted by Gasteiger charge is -2.11. The predicted octanol–water partition coefficient (Wildman–Crippen LogP) is 5.85. The number of hydrogen-bond donors (Lipinski definition) is 1. The van der Waals surface area contributed by atoms with Crippen LogP contribution in [0.15, 0.2) is 78.9 Å².